The zero-order chi connectivity index (χ0) is 24.8. The van der Waals surface area contributed by atoms with Crippen LogP contribution in [0, 0.1) is 6.92 Å². The quantitative estimate of drug-likeness (QED) is 0.659. The molecule has 9 heteroatoms. The van der Waals surface area contributed by atoms with Crippen molar-refractivity contribution < 1.29 is 19.1 Å². The fourth-order valence-electron chi connectivity index (χ4n) is 4.55. The molecular formula is C26H33N5O4. The zero-order valence-corrected chi connectivity index (χ0v) is 20.5. The van der Waals surface area contributed by atoms with Gasteiger partial charge in [0.2, 0.25) is 0 Å². The lowest BCUT2D eigenvalue weighted by atomic mass is 10.1. The molecule has 186 valence electrons. The first-order valence-electron chi connectivity index (χ1n) is 12.3. The average Bonchev–Trinajstić information content (AvgIpc) is 3.29. The van der Waals surface area contributed by atoms with Gasteiger partial charge in [0.15, 0.2) is 0 Å². The highest BCUT2D eigenvalue weighted by Crippen LogP contribution is 2.25. The smallest absolute Gasteiger partial charge is 0.339 e. The summed E-state index contributed by atoms with van der Waals surface area (Å²) in [6.45, 7) is 8.01. The van der Waals surface area contributed by atoms with Gasteiger partial charge in [0.1, 0.15) is 5.82 Å². The molecule has 4 rings (SSSR count). The summed E-state index contributed by atoms with van der Waals surface area (Å²) in [5.74, 6) is 0.350. The molecule has 2 saturated heterocycles. The number of aryl methyl sites for hydroxylation is 1. The molecule has 0 aliphatic carbocycles. The molecule has 2 fully saturated rings. The molecule has 35 heavy (non-hydrogen) atoms. The lowest BCUT2D eigenvalue weighted by molar-refractivity contribution is 0.0525. The van der Waals surface area contributed by atoms with Crippen molar-refractivity contribution in [2.75, 3.05) is 56.1 Å². The molecule has 0 unspecified atom stereocenters. The first-order chi connectivity index (χ1) is 17.0. The van der Waals surface area contributed by atoms with Crippen LogP contribution in [-0.2, 0) is 4.74 Å². The van der Waals surface area contributed by atoms with Crippen molar-refractivity contribution in [3.05, 3.63) is 53.2 Å². The molecule has 0 atom stereocenters. The largest absolute Gasteiger partial charge is 0.462 e. The van der Waals surface area contributed by atoms with Gasteiger partial charge in [0.05, 0.1) is 23.4 Å². The lowest BCUT2D eigenvalue weighted by Gasteiger charge is -2.24. The highest BCUT2D eigenvalue weighted by molar-refractivity contribution is 6.04. The van der Waals surface area contributed by atoms with Gasteiger partial charge in [-0.1, -0.05) is 12.1 Å². The Morgan fingerprint density at radius 1 is 0.943 bits per heavy atom. The maximum atomic E-state index is 13.2. The highest BCUT2D eigenvalue weighted by Gasteiger charge is 2.25. The minimum atomic E-state index is -0.385. The van der Waals surface area contributed by atoms with E-state index in [9.17, 15) is 14.4 Å². The minimum Gasteiger partial charge on any atom is -0.462 e. The SMILES string of the molecule is CCOC(=O)c1ccc(N2CCCN(C(=O)Nc3c(C)cccc3C(=O)N3CCCC3)CC2)nc1. The molecule has 9 nitrogen and oxygen atoms in total. The molecule has 1 aromatic heterocycles. The number of nitrogens with one attached hydrogen (secondary N) is 1. The van der Waals surface area contributed by atoms with E-state index in [1.165, 1.54) is 6.20 Å². The number of hydrogen-bond donors (Lipinski definition) is 1. The van der Waals surface area contributed by atoms with Crippen LogP contribution in [0.25, 0.3) is 0 Å². The molecule has 2 aromatic rings. The predicted molar refractivity (Wildman–Crippen MR) is 134 cm³/mol. The normalized spacial score (nSPS) is 16.1. The molecule has 3 heterocycles. The van der Waals surface area contributed by atoms with Crippen molar-refractivity contribution in [3.63, 3.8) is 0 Å². The van der Waals surface area contributed by atoms with Crippen LogP contribution < -0.4 is 10.2 Å². The van der Waals surface area contributed by atoms with Crippen molar-refractivity contribution in [1.82, 2.24) is 14.8 Å². The van der Waals surface area contributed by atoms with Crippen LogP contribution in [0.1, 0.15) is 52.5 Å². The van der Waals surface area contributed by atoms with Crippen LogP contribution in [0.4, 0.5) is 16.3 Å². The summed E-state index contributed by atoms with van der Waals surface area (Å²) < 4.78 is 5.02. The van der Waals surface area contributed by atoms with Gasteiger partial charge in [-0.05, 0) is 56.9 Å². The number of likely N-dealkylation sites (tertiary alicyclic amines) is 1. The molecule has 1 N–H and O–H groups in total. The summed E-state index contributed by atoms with van der Waals surface area (Å²) >= 11 is 0. The fourth-order valence-corrected chi connectivity index (χ4v) is 4.55. The number of pyridine rings is 1. The van der Waals surface area contributed by atoms with E-state index in [1.54, 1.807) is 24.0 Å². The van der Waals surface area contributed by atoms with Gasteiger partial charge in [0, 0.05) is 45.5 Å². The topological polar surface area (TPSA) is 95.1 Å². The van der Waals surface area contributed by atoms with Gasteiger partial charge >= 0.3 is 12.0 Å². The Morgan fingerprint density at radius 2 is 1.71 bits per heavy atom. The first-order valence-corrected chi connectivity index (χ1v) is 12.3. The number of benzene rings is 1. The fraction of sp³-hybridized carbons (Fsp3) is 0.462. The first kappa shape index (κ1) is 24.5. The second-order valence-electron chi connectivity index (χ2n) is 8.88. The van der Waals surface area contributed by atoms with E-state index >= 15 is 0 Å². The summed E-state index contributed by atoms with van der Waals surface area (Å²) in [5, 5.41) is 3.02. The Bertz CT molecular complexity index is 1070. The maximum absolute atomic E-state index is 13.2. The van der Waals surface area contributed by atoms with Crippen molar-refractivity contribution in [3.8, 4) is 0 Å². The number of anilines is 2. The van der Waals surface area contributed by atoms with Crippen LogP contribution in [-0.4, -0.2) is 78.6 Å². The number of esters is 1. The number of urea groups is 1. The van der Waals surface area contributed by atoms with E-state index in [0.717, 1.165) is 50.3 Å². The molecule has 0 radical (unpaired) electrons. The summed E-state index contributed by atoms with van der Waals surface area (Å²) in [7, 11) is 0. The number of hydrogen-bond acceptors (Lipinski definition) is 6. The van der Waals surface area contributed by atoms with Crippen LogP contribution in [0.3, 0.4) is 0 Å². The predicted octanol–water partition coefficient (Wildman–Crippen LogP) is 3.55. The summed E-state index contributed by atoms with van der Waals surface area (Å²) in [4.78, 5) is 48.3. The molecule has 0 saturated carbocycles. The van der Waals surface area contributed by atoms with Crippen LogP contribution in [0.15, 0.2) is 36.5 Å². The number of carbonyl (C=O) groups is 3. The van der Waals surface area contributed by atoms with Crippen LogP contribution in [0.5, 0.6) is 0 Å². The summed E-state index contributed by atoms with van der Waals surface area (Å²) in [6, 6.07) is 8.88. The van der Waals surface area contributed by atoms with Crippen molar-refractivity contribution in [2.24, 2.45) is 0 Å². The molecule has 1 aromatic carbocycles. The van der Waals surface area contributed by atoms with Gasteiger partial charge in [0.25, 0.3) is 5.91 Å². The van der Waals surface area contributed by atoms with Crippen LogP contribution in [0.2, 0.25) is 0 Å². The van der Waals surface area contributed by atoms with Gasteiger partial charge < -0.3 is 24.8 Å². The van der Waals surface area contributed by atoms with Gasteiger partial charge in [-0.25, -0.2) is 14.6 Å². The summed E-state index contributed by atoms with van der Waals surface area (Å²) in [5.41, 5.74) is 2.42. The molecule has 0 spiro atoms. The number of rotatable bonds is 5. The van der Waals surface area contributed by atoms with Gasteiger partial charge in [-0.3, -0.25) is 4.79 Å². The number of aromatic nitrogens is 1. The monoisotopic (exact) mass is 479 g/mol. The standard InChI is InChI=1S/C26H33N5O4/c1-3-35-25(33)20-10-11-22(27-18-20)29-14-7-15-31(17-16-29)26(34)28-23-19(2)8-6-9-21(23)24(32)30-12-4-5-13-30/h6,8-11,18H,3-5,7,12-17H2,1-2H3,(H,28,34). The van der Waals surface area contributed by atoms with Crippen molar-refractivity contribution in [1.29, 1.82) is 0 Å². The Labute approximate surface area is 206 Å². The number of carbonyl (C=O) groups excluding carboxylic acids is 3. The zero-order valence-electron chi connectivity index (χ0n) is 20.5. The maximum Gasteiger partial charge on any atom is 0.339 e. The average molecular weight is 480 g/mol. The third-order valence-electron chi connectivity index (χ3n) is 6.49. The third kappa shape index (κ3) is 5.72. The Hall–Kier alpha value is -3.62. The van der Waals surface area contributed by atoms with E-state index in [1.807, 2.05) is 30.0 Å². The number of para-hydroxylation sites is 1. The second kappa shape index (κ2) is 11.2. The number of ether oxygens (including phenoxy) is 1. The highest BCUT2D eigenvalue weighted by atomic mass is 16.5. The van der Waals surface area contributed by atoms with E-state index in [0.29, 0.717) is 43.1 Å². The Morgan fingerprint density at radius 3 is 2.43 bits per heavy atom. The van der Waals surface area contributed by atoms with Crippen molar-refractivity contribution >= 4 is 29.4 Å². The summed E-state index contributed by atoms with van der Waals surface area (Å²) in [6.07, 6.45) is 4.34. The molecule has 0 bridgehead atoms. The number of amides is 3. The second-order valence-corrected chi connectivity index (χ2v) is 8.88. The Balaban J connectivity index is 1.40. The third-order valence-corrected chi connectivity index (χ3v) is 6.49. The van der Waals surface area contributed by atoms with Crippen molar-refractivity contribution in [2.45, 2.75) is 33.1 Å². The van der Waals surface area contributed by atoms with Gasteiger partial charge in [-0.2, -0.15) is 0 Å². The van der Waals surface area contributed by atoms with Gasteiger partial charge in [-0.15, -0.1) is 0 Å². The molecule has 2 aliphatic rings. The lowest BCUT2D eigenvalue weighted by Crippen LogP contribution is -2.39. The Kier molecular flexibility index (Phi) is 7.84. The van der Waals surface area contributed by atoms with E-state index in [-0.39, 0.29) is 17.9 Å². The number of nitrogens with zero attached hydrogens (tertiary/aromatic N) is 4. The van der Waals surface area contributed by atoms with Crippen LogP contribution >= 0.6 is 0 Å². The van der Waals surface area contributed by atoms with E-state index in [4.69, 9.17) is 4.74 Å². The molecule has 2 aliphatic heterocycles. The molecular weight excluding hydrogens is 446 g/mol. The molecule has 3 amide bonds. The minimum absolute atomic E-state index is 0.0270. The van der Waals surface area contributed by atoms with E-state index in [2.05, 4.69) is 15.2 Å². The van der Waals surface area contributed by atoms with E-state index < -0.39 is 0 Å².